The Morgan fingerprint density at radius 2 is 2.25 bits per heavy atom. The summed E-state index contributed by atoms with van der Waals surface area (Å²) in [5, 5.41) is 2.94. The second-order valence-corrected chi connectivity index (χ2v) is 3.51. The van der Waals surface area contributed by atoms with E-state index >= 15 is 0 Å². The summed E-state index contributed by atoms with van der Waals surface area (Å²) in [6.07, 6.45) is 6.11. The summed E-state index contributed by atoms with van der Waals surface area (Å²) in [7, 11) is 0. The highest BCUT2D eigenvalue weighted by atomic mass is 35.5. The largest absolute Gasteiger partial charge is 0.352 e. The second-order valence-electron chi connectivity index (χ2n) is 3.20. The van der Waals surface area contributed by atoms with Crippen LogP contribution >= 0.6 is 11.6 Å². The van der Waals surface area contributed by atoms with Crippen LogP contribution in [0.2, 0.25) is 0 Å². The fourth-order valence-corrected chi connectivity index (χ4v) is 1.29. The van der Waals surface area contributed by atoms with Crippen molar-refractivity contribution in [3.63, 3.8) is 0 Å². The van der Waals surface area contributed by atoms with Crippen molar-refractivity contribution in [2.75, 3.05) is 5.88 Å². The molecule has 1 aliphatic rings. The molecule has 0 spiro atoms. The van der Waals surface area contributed by atoms with Crippen LogP contribution in [0.1, 0.15) is 19.8 Å². The first-order valence-electron chi connectivity index (χ1n) is 4.25. The van der Waals surface area contributed by atoms with E-state index in [9.17, 15) is 4.79 Å². The molecule has 1 unspecified atom stereocenters. The minimum atomic E-state index is -0.0766. The van der Waals surface area contributed by atoms with Gasteiger partial charge in [-0.15, -0.1) is 11.6 Å². The topological polar surface area (TPSA) is 29.1 Å². The molecule has 2 nitrogen and oxygen atoms in total. The molecule has 0 radical (unpaired) electrons. The zero-order valence-corrected chi connectivity index (χ0v) is 7.97. The molecule has 1 atom stereocenters. The Morgan fingerprint density at radius 3 is 2.75 bits per heavy atom. The van der Waals surface area contributed by atoms with Crippen LogP contribution < -0.4 is 5.32 Å². The molecular weight excluding hydrogens is 174 g/mol. The van der Waals surface area contributed by atoms with Crippen LogP contribution in [0.5, 0.6) is 0 Å². The van der Waals surface area contributed by atoms with E-state index in [0.717, 1.165) is 12.8 Å². The first-order valence-corrected chi connectivity index (χ1v) is 4.79. The predicted octanol–water partition coefficient (Wildman–Crippen LogP) is 1.70. The molecule has 68 valence electrons. The van der Waals surface area contributed by atoms with E-state index in [1.165, 1.54) is 0 Å². The molecule has 3 heteroatoms. The summed E-state index contributed by atoms with van der Waals surface area (Å²) >= 11 is 5.56. The third-order valence-corrected chi connectivity index (χ3v) is 2.50. The smallest absolute Gasteiger partial charge is 0.224 e. The van der Waals surface area contributed by atoms with E-state index in [-0.39, 0.29) is 11.8 Å². The lowest BCUT2D eigenvalue weighted by Crippen LogP contribution is -2.37. The lowest BCUT2D eigenvalue weighted by Gasteiger charge is -2.14. The maximum Gasteiger partial charge on any atom is 0.224 e. The molecule has 0 aromatic rings. The van der Waals surface area contributed by atoms with Gasteiger partial charge in [-0.2, -0.15) is 0 Å². The summed E-state index contributed by atoms with van der Waals surface area (Å²) in [6.45, 7) is 1.84. The molecule has 0 bridgehead atoms. The van der Waals surface area contributed by atoms with Gasteiger partial charge in [-0.1, -0.05) is 19.1 Å². The van der Waals surface area contributed by atoms with Crippen molar-refractivity contribution in [2.24, 2.45) is 5.92 Å². The summed E-state index contributed by atoms with van der Waals surface area (Å²) in [5.41, 5.74) is 0. The molecule has 0 heterocycles. The van der Waals surface area contributed by atoms with Crippen LogP contribution in [-0.4, -0.2) is 17.8 Å². The van der Waals surface area contributed by atoms with Gasteiger partial charge in [0.2, 0.25) is 5.91 Å². The van der Waals surface area contributed by atoms with Crippen molar-refractivity contribution in [1.29, 1.82) is 0 Å². The number of amides is 1. The molecule has 0 saturated heterocycles. The number of carbonyl (C=O) groups excluding carboxylic acids is 1. The Hall–Kier alpha value is -0.500. The minimum absolute atomic E-state index is 0.0682. The summed E-state index contributed by atoms with van der Waals surface area (Å²) in [4.78, 5) is 11.3. The van der Waals surface area contributed by atoms with Crippen molar-refractivity contribution in [2.45, 2.75) is 25.8 Å². The van der Waals surface area contributed by atoms with Crippen molar-refractivity contribution >= 4 is 17.5 Å². The van der Waals surface area contributed by atoms with Gasteiger partial charge in [-0.3, -0.25) is 4.79 Å². The molecular formula is C9H14ClNO. The van der Waals surface area contributed by atoms with E-state index in [1.54, 1.807) is 0 Å². The highest BCUT2D eigenvalue weighted by Crippen LogP contribution is 2.10. The van der Waals surface area contributed by atoms with Gasteiger partial charge in [0.25, 0.3) is 0 Å². The van der Waals surface area contributed by atoms with Gasteiger partial charge in [0, 0.05) is 17.8 Å². The van der Waals surface area contributed by atoms with Gasteiger partial charge in [0.05, 0.1) is 0 Å². The minimum Gasteiger partial charge on any atom is -0.352 e. The van der Waals surface area contributed by atoms with Gasteiger partial charge in [-0.05, 0) is 12.8 Å². The monoisotopic (exact) mass is 187 g/mol. The van der Waals surface area contributed by atoms with E-state index in [4.69, 9.17) is 11.6 Å². The van der Waals surface area contributed by atoms with Crippen LogP contribution in [-0.2, 0) is 4.79 Å². The second kappa shape index (κ2) is 4.51. The van der Waals surface area contributed by atoms with Crippen LogP contribution in [0.15, 0.2) is 12.2 Å². The van der Waals surface area contributed by atoms with Gasteiger partial charge in [0.15, 0.2) is 0 Å². The van der Waals surface area contributed by atoms with Crippen molar-refractivity contribution in [1.82, 2.24) is 5.32 Å². The first-order chi connectivity index (χ1) is 5.74. The average Bonchev–Trinajstić information content (AvgIpc) is 2.55. The SMILES string of the molecule is CC(CCl)C(=O)NC1CC=CC1. The Bertz CT molecular complexity index is 183. The average molecular weight is 188 g/mol. The number of halogens is 1. The van der Waals surface area contributed by atoms with E-state index < -0.39 is 0 Å². The van der Waals surface area contributed by atoms with Crippen LogP contribution in [0, 0.1) is 5.92 Å². The molecule has 1 aliphatic carbocycles. The molecule has 1 N–H and O–H groups in total. The van der Waals surface area contributed by atoms with Crippen molar-refractivity contribution in [3.8, 4) is 0 Å². The maximum absolute atomic E-state index is 11.3. The number of hydrogen-bond donors (Lipinski definition) is 1. The van der Waals surface area contributed by atoms with Gasteiger partial charge in [0.1, 0.15) is 0 Å². The Morgan fingerprint density at radius 1 is 1.67 bits per heavy atom. The third-order valence-electron chi connectivity index (χ3n) is 2.03. The number of rotatable bonds is 3. The zero-order chi connectivity index (χ0) is 8.97. The van der Waals surface area contributed by atoms with Gasteiger partial charge in [-0.25, -0.2) is 0 Å². The normalized spacial score (nSPS) is 19.5. The molecule has 1 rings (SSSR count). The number of carbonyl (C=O) groups is 1. The summed E-state index contributed by atoms with van der Waals surface area (Å²) in [5.74, 6) is 0.386. The van der Waals surface area contributed by atoms with E-state index in [2.05, 4.69) is 17.5 Å². The Kier molecular flexibility index (Phi) is 3.60. The molecule has 1 amide bonds. The van der Waals surface area contributed by atoms with Crippen LogP contribution in [0.25, 0.3) is 0 Å². The molecule has 0 saturated carbocycles. The molecule has 0 aromatic carbocycles. The van der Waals surface area contributed by atoms with Gasteiger partial charge < -0.3 is 5.32 Å². The molecule has 0 aliphatic heterocycles. The lowest BCUT2D eigenvalue weighted by molar-refractivity contribution is -0.124. The molecule has 12 heavy (non-hydrogen) atoms. The standard InChI is InChI=1S/C9H14ClNO/c1-7(6-10)9(12)11-8-4-2-3-5-8/h2-3,7-8H,4-6H2,1H3,(H,11,12). The number of alkyl halides is 1. The summed E-state index contributed by atoms with van der Waals surface area (Å²) in [6, 6.07) is 0.308. The maximum atomic E-state index is 11.3. The Labute approximate surface area is 78.0 Å². The quantitative estimate of drug-likeness (QED) is 0.529. The first kappa shape index (κ1) is 9.59. The van der Waals surface area contributed by atoms with Crippen molar-refractivity contribution < 1.29 is 4.79 Å². The third kappa shape index (κ3) is 2.52. The molecule has 0 aromatic heterocycles. The highest BCUT2D eigenvalue weighted by Gasteiger charge is 2.16. The fraction of sp³-hybridized carbons (Fsp3) is 0.667. The highest BCUT2D eigenvalue weighted by molar-refractivity contribution is 6.19. The fourth-order valence-electron chi connectivity index (χ4n) is 1.15. The Balaban J connectivity index is 2.26. The summed E-state index contributed by atoms with van der Waals surface area (Å²) < 4.78 is 0. The van der Waals surface area contributed by atoms with Crippen LogP contribution in [0.3, 0.4) is 0 Å². The van der Waals surface area contributed by atoms with Crippen LogP contribution in [0.4, 0.5) is 0 Å². The molecule has 0 fully saturated rings. The van der Waals surface area contributed by atoms with E-state index in [1.807, 2.05) is 6.92 Å². The van der Waals surface area contributed by atoms with E-state index in [0.29, 0.717) is 11.9 Å². The number of nitrogens with one attached hydrogen (secondary N) is 1. The van der Waals surface area contributed by atoms with Gasteiger partial charge >= 0.3 is 0 Å². The number of hydrogen-bond acceptors (Lipinski definition) is 1. The zero-order valence-electron chi connectivity index (χ0n) is 7.22. The predicted molar refractivity (Wildman–Crippen MR) is 50.2 cm³/mol. The lowest BCUT2D eigenvalue weighted by atomic mass is 10.1. The van der Waals surface area contributed by atoms with Crippen molar-refractivity contribution in [3.05, 3.63) is 12.2 Å².